The molecule has 10 heteroatoms. The van der Waals surface area contributed by atoms with Crippen molar-refractivity contribution in [3.05, 3.63) is 68.5 Å². The zero-order chi connectivity index (χ0) is 24.4. The normalized spacial score (nSPS) is 11.3. The molecule has 0 atom stereocenters. The van der Waals surface area contributed by atoms with Crippen LogP contribution >= 0.6 is 11.3 Å². The highest BCUT2D eigenvalue weighted by Crippen LogP contribution is 2.25. The van der Waals surface area contributed by atoms with Crippen LogP contribution in [-0.2, 0) is 16.0 Å². The van der Waals surface area contributed by atoms with Crippen LogP contribution in [0.2, 0.25) is 0 Å². The predicted octanol–water partition coefficient (Wildman–Crippen LogP) is 3.37. The molecule has 34 heavy (non-hydrogen) atoms. The fraction of sp³-hybridized carbons (Fsp3) is 0.333. The van der Waals surface area contributed by atoms with E-state index in [0.717, 1.165) is 11.3 Å². The summed E-state index contributed by atoms with van der Waals surface area (Å²) in [4.78, 5) is 31.1. The summed E-state index contributed by atoms with van der Waals surface area (Å²) < 4.78 is 22.0. The molecule has 4 aromatic rings. The molecule has 1 amide bonds. The van der Waals surface area contributed by atoms with Gasteiger partial charge in [-0.3, -0.25) is 14.0 Å². The van der Waals surface area contributed by atoms with Crippen LogP contribution in [0.3, 0.4) is 0 Å². The second kappa shape index (κ2) is 9.86. The minimum absolute atomic E-state index is 0.0625. The smallest absolute Gasteiger partial charge is 0.268 e. The quantitative estimate of drug-likeness (QED) is 0.388. The average Bonchev–Trinajstić information content (AvgIpc) is 3.36. The third-order valence-electron chi connectivity index (χ3n) is 5.55. The van der Waals surface area contributed by atoms with Gasteiger partial charge in [0.1, 0.15) is 11.5 Å². The van der Waals surface area contributed by atoms with Gasteiger partial charge in [-0.2, -0.15) is 5.10 Å². The lowest BCUT2D eigenvalue weighted by Gasteiger charge is -2.08. The second-order valence-corrected chi connectivity index (χ2v) is 8.95. The van der Waals surface area contributed by atoms with Gasteiger partial charge in [-0.25, -0.2) is 14.1 Å². The van der Waals surface area contributed by atoms with E-state index in [1.165, 1.54) is 27.9 Å². The molecule has 0 spiro atoms. The van der Waals surface area contributed by atoms with Crippen molar-refractivity contribution in [1.82, 2.24) is 24.5 Å². The molecule has 4 rings (SSSR count). The van der Waals surface area contributed by atoms with Crippen LogP contribution in [0.5, 0.6) is 0 Å². The summed E-state index contributed by atoms with van der Waals surface area (Å²) >= 11 is 1.31. The van der Waals surface area contributed by atoms with E-state index in [1.807, 2.05) is 13.8 Å². The Hall–Kier alpha value is -3.37. The van der Waals surface area contributed by atoms with Gasteiger partial charge >= 0.3 is 0 Å². The van der Waals surface area contributed by atoms with Crippen molar-refractivity contribution in [3.8, 4) is 16.9 Å². The first-order valence-electron chi connectivity index (χ1n) is 10.9. The molecule has 0 saturated heterocycles. The zero-order valence-electron chi connectivity index (χ0n) is 19.5. The molecule has 3 aromatic heterocycles. The Bertz CT molecular complexity index is 1420. The number of ether oxygens (including phenoxy) is 1. The molecule has 0 aliphatic rings. The van der Waals surface area contributed by atoms with Gasteiger partial charge in [0, 0.05) is 37.0 Å². The first kappa shape index (κ1) is 23.8. The van der Waals surface area contributed by atoms with E-state index in [9.17, 15) is 14.0 Å². The summed E-state index contributed by atoms with van der Waals surface area (Å²) in [7, 11) is 1.61. The molecule has 0 unspecified atom stereocenters. The van der Waals surface area contributed by atoms with E-state index >= 15 is 0 Å². The van der Waals surface area contributed by atoms with E-state index < -0.39 is 0 Å². The van der Waals surface area contributed by atoms with Gasteiger partial charge in [0.15, 0.2) is 4.96 Å². The van der Waals surface area contributed by atoms with Gasteiger partial charge in [-0.05, 0) is 51.0 Å². The van der Waals surface area contributed by atoms with E-state index in [-0.39, 0.29) is 23.7 Å². The third-order valence-corrected chi connectivity index (χ3v) is 6.43. The first-order chi connectivity index (χ1) is 16.3. The number of aromatic nitrogens is 4. The van der Waals surface area contributed by atoms with Crippen molar-refractivity contribution in [2.24, 2.45) is 0 Å². The van der Waals surface area contributed by atoms with Crippen molar-refractivity contribution in [1.29, 1.82) is 0 Å². The highest BCUT2D eigenvalue weighted by molar-refractivity contribution is 7.15. The van der Waals surface area contributed by atoms with E-state index in [0.29, 0.717) is 52.9 Å². The summed E-state index contributed by atoms with van der Waals surface area (Å²) in [6.07, 6.45) is 0.775. The zero-order valence-corrected chi connectivity index (χ0v) is 20.3. The number of carbonyl (C=O) groups excluding carboxylic acids is 1. The standard InChI is InChI=1S/C24H26FN5O3S/c1-14-6-7-17(25)11-20(14)30-15(2)10-19(28-30)22-16(3)27-24-29(23(22)32)18(13-34-24)12-21(31)26-8-5-9-33-4/h6-7,10-11,13H,5,8-9,12H2,1-4H3,(H,26,31). The molecule has 1 N–H and O–H groups in total. The number of aryl methyl sites for hydroxylation is 3. The molecule has 0 aliphatic heterocycles. The number of nitrogens with one attached hydrogen (secondary N) is 1. The minimum atomic E-state index is -0.361. The number of thiazole rings is 1. The Balaban J connectivity index is 1.72. The summed E-state index contributed by atoms with van der Waals surface area (Å²) in [5, 5.41) is 9.24. The topological polar surface area (TPSA) is 90.5 Å². The maximum absolute atomic E-state index is 13.9. The second-order valence-electron chi connectivity index (χ2n) is 8.11. The molecule has 0 radical (unpaired) electrons. The number of rotatable bonds is 8. The number of nitrogens with zero attached hydrogens (tertiary/aromatic N) is 4. The van der Waals surface area contributed by atoms with Gasteiger partial charge in [0.2, 0.25) is 5.91 Å². The van der Waals surface area contributed by atoms with Crippen molar-refractivity contribution < 1.29 is 13.9 Å². The van der Waals surface area contributed by atoms with Crippen molar-refractivity contribution in [2.45, 2.75) is 33.6 Å². The van der Waals surface area contributed by atoms with Crippen molar-refractivity contribution in [3.63, 3.8) is 0 Å². The van der Waals surface area contributed by atoms with Crippen LogP contribution in [0.25, 0.3) is 21.9 Å². The van der Waals surface area contributed by atoms with Gasteiger partial charge in [-0.1, -0.05) is 6.07 Å². The molecule has 0 aliphatic carbocycles. The van der Waals surface area contributed by atoms with Gasteiger partial charge in [-0.15, -0.1) is 11.3 Å². The number of hydrogen-bond donors (Lipinski definition) is 1. The number of carbonyl (C=O) groups is 1. The number of halogens is 1. The van der Waals surface area contributed by atoms with E-state index in [2.05, 4.69) is 15.4 Å². The number of benzene rings is 1. The van der Waals surface area contributed by atoms with Crippen molar-refractivity contribution >= 4 is 22.2 Å². The molecule has 0 fully saturated rings. The van der Waals surface area contributed by atoms with Crippen LogP contribution in [-0.4, -0.2) is 45.3 Å². The first-order valence-corrected chi connectivity index (χ1v) is 11.8. The van der Waals surface area contributed by atoms with E-state index in [4.69, 9.17) is 4.74 Å². The minimum Gasteiger partial charge on any atom is -0.385 e. The molecular weight excluding hydrogens is 457 g/mol. The Morgan fingerprint density at radius 1 is 1.24 bits per heavy atom. The Labute approximate surface area is 200 Å². The lowest BCUT2D eigenvalue weighted by atomic mass is 10.1. The maximum Gasteiger partial charge on any atom is 0.268 e. The lowest BCUT2D eigenvalue weighted by molar-refractivity contribution is -0.120. The summed E-state index contributed by atoms with van der Waals surface area (Å²) in [5.74, 6) is -0.536. The number of amides is 1. The summed E-state index contributed by atoms with van der Waals surface area (Å²) in [5.41, 5.74) is 3.86. The fourth-order valence-corrected chi connectivity index (χ4v) is 4.77. The van der Waals surface area contributed by atoms with Gasteiger partial charge < -0.3 is 10.1 Å². The van der Waals surface area contributed by atoms with Crippen LogP contribution in [0.4, 0.5) is 4.39 Å². The van der Waals surface area contributed by atoms with Gasteiger partial charge in [0.25, 0.3) is 5.56 Å². The lowest BCUT2D eigenvalue weighted by Crippen LogP contribution is -2.28. The maximum atomic E-state index is 13.9. The Morgan fingerprint density at radius 2 is 2.03 bits per heavy atom. The highest BCUT2D eigenvalue weighted by atomic mass is 32.1. The summed E-state index contributed by atoms with van der Waals surface area (Å²) in [6.45, 7) is 6.56. The molecule has 178 valence electrons. The number of hydrogen-bond acceptors (Lipinski definition) is 6. The molecular formula is C24H26FN5O3S. The van der Waals surface area contributed by atoms with Crippen LogP contribution in [0.15, 0.2) is 34.4 Å². The third kappa shape index (κ3) is 4.64. The molecule has 0 bridgehead atoms. The fourth-order valence-electron chi connectivity index (χ4n) is 3.85. The van der Waals surface area contributed by atoms with Gasteiger partial charge in [0.05, 0.1) is 23.4 Å². The van der Waals surface area contributed by atoms with Crippen LogP contribution in [0, 0.1) is 26.6 Å². The largest absolute Gasteiger partial charge is 0.385 e. The Morgan fingerprint density at radius 3 is 2.79 bits per heavy atom. The molecule has 8 nitrogen and oxygen atoms in total. The molecule has 1 aromatic carbocycles. The average molecular weight is 484 g/mol. The van der Waals surface area contributed by atoms with Crippen molar-refractivity contribution in [2.75, 3.05) is 20.3 Å². The van der Waals surface area contributed by atoms with Crippen LogP contribution in [0.1, 0.15) is 29.1 Å². The SMILES string of the molecule is COCCCNC(=O)Cc1csc2nc(C)c(-c3cc(C)n(-c4cc(F)ccc4C)n3)c(=O)n12. The number of fused-ring (bicyclic) bond motifs is 1. The highest BCUT2D eigenvalue weighted by Gasteiger charge is 2.20. The monoisotopic (exact) mass is 483 g/mol. The predicted molar refractivity (Wildman–Crippen MR) is 129 cm³/mol. The van der Waals surface area contributed by atoms with E-state index in [1.54, 1.807) is 36.2 Å². The molecule has 0 saturated carbocycles. The summed E-state index contributed by atoms with van der Waals surface area (Å²) in [6, 6.07) is 6.30. The van der Waals surface area contributed by atoms with Crippen LogP contribution < -0.4 is 10.9 Å². The number of methoxy groups -OCH3 is 1. The molecule has 3 heterocycles. The Kier molecular flexibility index (Phi) is 6.90.